The van der Waals surface area contributed by atoms with Gasteiger partial charge in [0.1, 0.15) is 5.82 Å². The van der Waals surface area contributed by atoms with E-state index < -0.39 is 21.9 Å². The number of hydrogen-bond donors (Lipinski definition) is 0. The van der Waals surface area contributed by atoms with Crippen molar-refractivity contribution in [2.24, 2.45) is 0 Å². The molecule has 0 radical (unpaired) electrons. The third-order valence-corrected chi connectivity index (χ3v) is 4.64. The smallest absolute Gasteiger partial charge is 0.281 e. The van der Waals surface area contributed by atoms with Crippen LogP contribution in [0.5, 0.6) is 0 Å². The molecule has 0 fully saturated rings. The molecule has 1 aromatic carbocycles. The van der Waals surface area contributed by atoms with E-state index in [0.29, 0.717) is 5.69 Å². The van der Waals surface area contributed by atoms with Crippen LogP contribution in [-0.4, -0.2) is 57.7 Å². The number of amides is 1. The fraction of sp³-hybridized carbons (Fsp3) is 0.417. The lowest BCUT2D eigenvalue weighted by molar-refractivity contribution is -0.118. The minimum atomic E-state index is -3.64. The summed E-state index contributed by atoms with van der Waals surface area (Å²) >= 11 is 0. The summed E-state index contributed by atoms with van der Waals surface area (Å²) < 4.78 is 38.4. The number of anilines is 1. The van der Waals surface area contributed by atoms with E-state index in [4.69, 9.17) is 0 Å². The Balaban J connectivity index is 2.79. The highest BCUT2D eigenvalue weighted by Crippen LogP contribution is 2.14. The van der Waals surface area contributed by atoms with E-state index in [2.05, 4.69) is 0 Å². The maximum atomic E-state index is 12.8. The van der Waals surface area contributed by atoms with E-state index in [1.807, 2.05) is 0 Å². The molecule has 1 rings (SSSR count). The zero-order valence-corrected chi connectivity index (χ0v) is 12.7. The first kappa shape index (κ1) is 16.5. The van der Waals surface area contributed by atoms with Gasteiger partial charge in [-0.3, -0.25) is 4.79 Å². The number of carbonyl (C=O) groups excluding carboxylic acids is 1. The van der Waals surface area contributed by atoms with Crippen LogP contribution >= 0.6 is 0 Å². The van der Waals surface area contributed by atoms with E-state index in [9.17, 15) is 17.6 Å². The zero-order valence-electron chi connectivity index (χ0n) is 11.9. The van der Waals surface area contributed by atoms with Crippen molar-refractivity contribution in [2.45, 2.75) is 0 Å². The van der Waals surface area contributed by atoms with Gasteiger partial charge in [-0.25, -0.2) is 4.39 Å². The Morgan fingerprint density at radius 3 is 2.05 bits per heavy atom. The van der Waals surface area contributed by atoms with E-state index >= 15 is 0 Å². The third kappa shape index (κ3) is 3.75. The molecule has 0 aromatic heterocycles. The molecule has 0 aliphatic carbocycles. The molecular weight excluding hydrogens is 285 g/mol. The summed E-state index contributed by atoms with van der Waals surface area (Å²) in [6, 6.07) is 5.38. The van der Waals surface area contributed by atoms with Gasteiger partial charge in [0.15, 0.2) is 0 Å². The molecule has 0 bridgehead atoms. The summed E-state index contributed by atoms with van der Waals surface area (Å²) in [5, 5.41) is 0. The summed E-state index contributed by atoms with van der Waals surface area (Å²) in [4.78, 5) is 13.3. The summed E-state index contributed by atoms with van der Waals surface area (Å²) in [5.41, 5.74) is 0.493. The quantitative estimate of drug-likeness (QED) is 0.797. The molecule has 0 atom stereocenters. The maximum Gasteiger partial charge on any atom is 0.281 e. The van der Waals surface area contributed by atoms with Gasteiger partial charge in [0, 0.05) is 33.9 Å². The highest BCUT2D eigenvalue weighted by atomic mass is 32.2. The van der Waals surface area contributed by atoms with Crippen molar-refractivity contribution < 1.29 is 17.6 Å². The molecule has 0 aliphatic heterocycles. The number of carbonyl (C=O) groups is 1. The van der Waals surface area contributed by atoms with Crippen LogP contribution in [0.4, 0.5) is 10.1 Å². The lowest BCUT2D eigenvalue weighted by Crippen LogP contribution is -2.43. The molecule has 0 spiro atoms. The Labute approximate surface area is 118 Å². The summed E-state index contributed by atoms with van der Waals surface area (Å²) in [5.74, 6) is -0.813. The lowest BCUT2D eigenvalue weighted by Gasteiger charge is -2.24. The predicted octanol–water partition coefficient (Wildman–Crippen LogP) is 0.527. The molecule has 112 valence electrons. The standard InChI is InChI=1S/C12H18FN3O3S/c1-14(2)20(18,19)15(3)9-12(17)16(4)11-7-5-10(13)6-8-11/h5-8H,9H2,1-4H3. The molecule has 1 aromatic rings. The van der Waals surface area contributed by atoms with Crippen molar-refractivity contribution in [1.29, 1.82) is 0 Å². The summed E-state index contributed by atoms with van der Waals surface area (Å²) in [6.07, 6.45) is 0. The molecule has 0 N–H and O–H groups in total. The van der Waals surface area contributed by atoms with Crippen LogP contribution in [0.1, 0.15) is 0 Å². The van der Waals surface area contributed by atoms with E-state index in [-0.39, 0.29) is 6.54 Å². The molecule has 6 nitrogen and oxygen atoms in total. The van der Waals surface area contributed by atoms with Gasteiger partial charge in [-0.05, 0) is 24.3 Å². The van der Waals surface area contributed by atoms with Crippen LogP contribution in [0.25, 0.3) is 0 Å². The average molecular weight is 303 g/mol. The number of halogens is 1. The Bertz CT molecular complexity index is 572. The van der Waals surface area contributed by atoms with Crippen molar-refractivity contribution >= 4 is 21.8 Å². The molecule has 0 heterocycles. The predicted molar refractivity (Wildman–Crippen MR) is 75.0 cm³/mol. The molecule has 0 saturated heterocycles. The Morgan fingerprint density at radius 2 is 1.60 bits per heavy atom. The van der Waals surface area contributed by atoms with Crippen molar-refractivity contribution in [2.75, 3.05) is 39.6 Å². The fourth-order valence-corrected chi connectivity index (χ4v) is 2.30. The second-order valence-corrected chi connectivity index (χ2v) is 6.72. The monoisotopic (exact) mass is 303 g/mol. The first-order valence-corrected chi connectivity index (χ1v) is 7.22. The average Bonchev–Trinajstić information content (AvgIpc) is 2.38. The van der Waals surface area contributed by atoms with Gasteiger partial charge in [0.25, 0.3) is 10.2 Å². The van der Waals surface area contributed by atoms with Gasteiger partial charge in [0.2, 0.25) is 5.91 Å². The Kier molecular flexibility index (Phi) is 5.21. The molecule has 1 amide bonds. The SMILES string of the molecule is CN(C(=O)CN(C)S(=O)(=O)N(C)C)c1ccc(F)cc1. The fourth-order valence-electron chi connectivity index (χ4n) is 1.47. The molecule has 8 heteroatoms. The van der Waals surface area contributed by atoms with Gasteiger partial charge >= 0.3 is 0 Å². The molecule has 0 aliphatic rings. The minimum Gasteiger partial charge on any atom is -0.314 e. The van der Waals surface area contributed by atoms with Gasteiger partial charge in [-0.1, -0.05) is 0 Å². The number of nitrogens with zero attached hydrogens (tertiary/aromatic N) is 3. The van der Waals surface area contributed by atoms with Crippen molar-refractivity contribution in [1.82, 2.24) is 8.61 Å². The van der Waals surface area contributed by atoms with Crippen LogP contribution in [0.3, 0.4) is 0 Å². The van der Waals surface area contributed by atoms with E-state index in [1.54, 1.807) is 0 Å². The number of likely N-dealkylation sites (N-methyl/N-ethyl adjacent to an activating group) is 2. The van der Waals surface area contributed by atoms with Gasteiger partial charge in [0.05, 0.1) is 6.54 Å². The first-order valence-electron chi connectivity index (χ1n) is 5.82. The summed E-state index contributed by atoms with van der Waals surface area (Å²) in [6.45, 7) is -0.297. The number of rotatable bonds is 5. The molecule has 0 unspecified atom stereocenters. The lowest BCUT2D eigenvalue weighted by atomic mass is 10.3. The topological polar surface area (TPSA) is 60.9 Å². The Hall–Kier alpha value is -1.51. The molecule has 0 saturated carbocycles. The first-order chi connectivity index (χ1) is 9.16. The number of benzene rings is 1. The van der Waals surface area contributed by atoms with Crippen LogP contribution in [0, 0.1) is 5.82 Å². The normalized spacial score (nSPS) is 11.9. The molecular formula is C12H18FN3O3S. The second kappa shape index (κ2) is 6.29. The van der Waals surface area contributed by atoms with E-state index in [0.717, 1.165) is 8.61 Å². The highest BCUT2D eigenvalue weighted by Gasteiger charge is 2.24. The van der Waals surface area contributed by atoms with Crippen molar-refractivity contribution in [3.05, 3.63) is 30.1 Å². The van der Waals surface area contributed by atoms with Gasteiger partial charge < -0.3 is 4.90 Å². The maximum absolute atomic E-state index is 12.8. The van der Waals surface area contributed by atoms with Crippen molar-refractivity contribution in [3.63, 3.8) is 0 Å². The van der Waals surface area contributed by atoms with Gasteiger partial charge in [-0.2, -0.15) is 17.0 Å². The largest absolute Gasteiger partial charge is 0.314 e. The minimum absolute atomic E-state index is 0.297. The van der Waals surface area contributed by atoms with E-state index in [1.165, 1.54) is 57.4 Å². The Morgan fingerprint density at radius 1 is 1.10 bits per heavy atom. The third-order valence-electron chi connectivity index (χ3n) is 2.80. The van der Waals surface area contributed by atoms with Crippen LogP contribution < -0.4 is 4.90 Å². The van der Waals surface area contributed by atoms with Crippen LogP contribution in [0.15, 0.2) is 24.3 Å². The number of hydrogen-bond acceptors (Lipinski definition) is 3. The zero-order chi connectivity index (χ0) is 15.5. The summed E-state index contributed by atoms with van der Waals surface area (Å²) in [7, 11) is 1.97. The van der Waals surface area contributed by atoms with Crippen molar-refractivity contribution in [3.8, 4) is 0 Å². The van der Waals surface area contributed by atoms with Crippen LogP contribution in [-0.2, 0) is 15.0 Å². The van der Waals surface area contributed by atoms with Crippen LogP contribution in [0.2, 0.25) is 0 Å². The highest BCUT2D eigenvalue weighted by molar-refractivity contribution is 7.86. The second-order valence-electron chi connectivity index (χ2n) is 4.48. The molecule has 20 heavy (non-hydrogen) atoms. The van der Waals surface area contributed by atoms with Gasteiger partial charge in [-0.15, -0.1) is 0 Å².